The van der Waals surface area contributed by atoms with Crippen LogP contribution in [0.15, 0.2) is 34.2 Å². The second-order valence-electron chi connectivity index (χ2n) is 5.27. The van der Waals surface area contributed by atoms with Gasteiger partial charge in [0, 0.05) is 39.6 Å². The highest BCUT2D eigenvalue weighted by atomic mass is 32.2. The Labute approximate surface area is 132 Å². The van der Waals surface area contributed by atoms with Crippen LogP contribution in [0.4, 0.5) is 0 Å². The fraction of sp³-hybridized carbons (Fsp3) is 0.312. The molecule has 1 N–H and O–H groups in total. The zero-order valence-electron chi connectivity index (χ0n) is 11.8. The molecule has 2 aromatic rings. The van der Waals surface area contributed by atoms with Crippen molar-refractivity contribution in [2.75, 3.05) is 19.7 Å². The van der Waals surface area contributed by atoms with Crippen LogP contribution in [0.1, 0.15) is 16.9 Å². The van der Waals surface area contributed by atoms with Gasteiger partial charge in [0.1, 0.15) is 0 Å². The first kappa shape index (κ1) is 13.4. The number of hydrogen-bond acceptors (Lipinski definition) is 5. The number of aryl methyl sites for hydroxylation is 1. The summed E-state index contributed by atoms with van der Waals surface area (Å²) in [6.07, 6.45) is 0.705. The summed E-state index contributed by atoms with van der Waals surface area (Å²) in [7, 11) is 0. The molecule has 0 amide bonds. The largest absolute Gasteiger partial charge is 0.396 e. The number of nitrogens with zero attached hydrogens (tertiary/aromatic N) is 2. The second-order valence-corrected chi connectivity index (χ2v) is 7.62. The van der Waals surface area contributed by atoms with Crippen molar-refractivity contribution in [3.63, 3.8) is 0 Å². The number of fused-ring (bicyclic) bond motifs is 2. The molecule has 2 aliphatic heterocycles. The summed E-state index contributed by atoms with van der Waals surface area (Å²) >= 11 is 3.56. The third-order valence-corrected chi connectivity index (χ3v) is 5.99. The number of thioether (sulfide) groups is 1. The molecule has 3 heterocycles. The molecule has 0 bridgehead atoms. The number of amidine groups is 1. The summed E-state index contributed by atoms with van der Waals surface area (Å²) < 4.78 is 1.33. The zero-order valence-corrected chi connectivity index (χ0v) is 13.4. The van der Waals surface area contributed by atoms with E-state index < -0.39 is 0 Å². The van der Waals surface area contributed by atoms with Gasteiger partial charge in [0.05, 0.1) is 12.2 Å². The van der Waals surface area contributed by atoms with Gasteiger partial charge in [0.15, 0.2) is 5.17 Å². The number of hydrogen-bond donors (Lipinski definition) is 1. The lowest BCUT2D eigenvalue weighted by Gasteiger charge is -2.17. The maximum Gasteiger partial charge on any atom is 0.168 e. The molecule has 5 heteroatoms. The first-order valence-corrected chi connectivity index (χ1v) is 8.74. The molecule has 0 fully saturated rings. The first-order chi connectivity index (χ1) is 10.3. The van der Waals surface area contributed by atoms with Gasteiger partial charge in [-0.1, -0.05) is 23.9 Å². The number of aliphatic imine (C=N–C) groups is 1. The Morgan fingerprint density at radius 3 is 3.10 bits per heavy atom. The van der Waals surface area contributed by atoms with E-state index >= 15 is 0 Å². The molecule has 4 rings (SSSR count). The summed E-state index contributed by atoms with van der Waals surface area (Å²) in [6, 6.07) is 8.91. The number of thiophene rings is 1. The molecule has 0 saturated heterocycles. The summed E-state index contributed by atoms with van der Waals surface area (Å²) in [4.78, 5) is 9.44. The number of aliphatic hydroxyl groups is 1. The minimum atomic E-state index is 0.188. The quantitative estimate of drug-likeness (QED) is 0.938. The van der Waals surface area contributed by atoms with E-state index in [0.717, 1.165) is 18.3 Å². The first-order valence-electron chi connectivity index (χ1n) is 7.10. The van der Waals surface area contributed by atoms with Crippen LogP contribution in [0.2, 0.25) is 0 Å². The Morgan fingerprint density at radius 2 is 2.24 bits per heavy atom. The van der Waals surface area contributed by atoms with Crippen molar-refractivity contribution in [1.82, 2.24) is 4.90 Å². The molecule has 21 heavy (non-hydrogen) atoms. The Hall–Kier alpha value is -1.30. The van der Waals surface area contributed by atoms with E-state index in [1.807, 2.05) is 11.3 Å². The van der Waals surface area contributed by atoms with Crippen LogP contribution in [0.5, 0.6) is 0 Å². The van der Waals surface area contributed by atoms with Gasteiger partial charge in [-0.05, 0) is 24.4 Å². The third kappa shape index (κ3) is 2.20. The predicted molar refractivity (Wildman–Crippen MR) is 91.8 cm³/mol. The smallest absolute Gasteiger partial charge is 0.168 e. The molecule has 0 atom stereocenters. The standard InChI is InChI=1S/C16H16N2OS2/c1-10-8-11-2-3-12(9-14(11)20-10)15-13(4-7-19)21-16-17-5-6-18(15)16/h2-3,8-9,19H,4-7H2,1H3. The van der Waals surface area contributed by atoms with Crippen molar-refractivity contribution in [3.05, 3.63) is 39.6 Å². The van der Waals surface area contributed by atoms with Crippen LogP contribution < -0.4 is 0 Å². The van der Waals surface area contributed by atoms with E-state index in [-0.39, 0.29) is 6.61 Å². The summed E-state index contributed by atoms with van der Waals surface area (Å²) in [5.74, 6) is 0. The van der Waals surface area contributed by atoms with E-state index in [2.05, 4.69) is 41.1 Å². The summed E-state index contributed by atoms with van der Waals surface area (Å²) in [6.45, 7) is 4.16. The molecule has 0 unspecified atom stereocenters. The summed E-state index contributed by atoms with van der Waals surface area (Å²) in [5, 5.41) is 11.7. The number of rotatable bonds is 3. The lowest BCUT2D eigenvalue weighted by atomic mass is 10.1. The van der Waals surface area contributed by atoms with Crippen LogP contribution in [0.3, 0.4) is 0 Å². The van der Waals surface area contributed by atoms with Crippen molar-refractivity contribution >= 4 is 44.0 Å². The number of benzene rings is 1. The Bertz CT molecular complexity index is 776. The highest BCUT2D eigenvalue weighted by Crippen LogP contribution is 2.43. The maximum absolute atomic E-state index is 9.33. The highest BCUT2D eigenvalue weighted by molar-refractivity contribution is 8.17. The average molecular weight is 316 g/mol. The van der Waals surface area contributed by atoms with Crippen LogP contribution in [0, 0.1) is 6.92 Å². The Balaban J connectivity index is 1.83. The minimum absolute atomic E-state index is 0.188. The Kier molecular flexibility index (Phi) is 3.28. The lowest BCUT2D eigenvalue weighted by molar-refractivity contribution is 0.301. The SMILES string of the molecule is Cc1cc2ccc(C3=C(CCO)SC4=NCCN43)cc2s1. The van der Waals surface area contributed by atoms with Gasteiger partial charge in [0.2, 0.25) is 0 Å². The third-order valence-electron chi connectivity index (χ3n) is 3.81. The highest BCUT2D eigenvalue weighted by Gasteiger charge is 2.32. The van der Waals surface area contributed by atoms with Crippen molar-refractivity contribution in [2.24, 2.45) is 4.99 Å². The van der Waals surface area contributed by atoms with Crippen LogP contribution in [0.25, 0.3) is 15.8 Å². The van der Waals surface area contributed by atoms with Crippen molar-refractivity contribution in [3.8, 4) is 0 Å². The van der Waals surface area contributed by atoms with E-state index in [0.29, 0.717) is 6.42 Å². The molecule has 0 radical (unpaired) electrons. The van der Waals surface area contributed by atoms with E-state index in [1.54, 1.807) is 11.8 Å². The normalized spacial score (nSPS) is 17.8. The average Bonchev–Trinajstić information content (AvgIpc) is 3.10. The van der Waals surface area contributed by atoms with E-state index in [9.17, 15) is 5.11 Å². The van der Waals surface area contributed by atoms with Crippen LogP contribution in [-0.4, -0.2) is 34.9 Å². The Morgan fingerprint density at radius 1 is 1.33 bits per heavy atom. The minimum Gasteiger partial charge on any atom is -0.396 e. The van der Waals surface area contributed by atoms with Gasteiger partial charge in [-0.3, -0.25) is 4.99 Å². The molecule has 108 valence electrons. The molecule has 1 aromatic carbocycles. The van der Waals surface area contributed by atoms with Crippen LogP contribution >= 0.6 is 23.1 Å². The predicted octanol–water partition coefficient (Wildman–Crippen LogP) is 3.68. The topological polar surface area (TPSA) is 35.8 Å². The zero-order chi connectivity index (χ0) is 14.4. The molecular weight excluding hydrogens is 300 g/mol. The van der Waals surface area contributed by atoms with Gasteiger partial charge < -0.3 is 10.0 Å². The molecule has 3 nitrogen and oxygen atoms in total. The fourth-order valence-electron chi connectivity index (χ4n) is 2.93. The van der Waals surface area contributed by atoms with E-state index in [1.165, 1.54) is 31.1 Å². The summed E-state index contributed by atoms with van der Waals surface area (Å²) in [5.41, 5.74) is 2.49. The van der Waals surface area contributed by atoms with Crippen molar-refractivity contribution in [2.45, 2.75) is 13.3 Å². The molecule has 0 saturated carbocycles. The van der Waals surface area contributed by atoms with Crippen LogP contribution in [-0.2, 0) is 0 Å². The molecule has 0 spiro atoms. The molecular formula is C16H16N2OS2. The van der Waals surface area contributed by atoms with E-state index in [4.69, 9.17) is 0 Å². The van der Waals surface area contributed by atoms with Gasteiger partial charge in [-0.15, -0.1) is 11.3 Å². The maximum atomic E-state index is 9.33. The fourth-order valence-corrected chi connectivity index (χ4v) is 5.08. The monoisotopic (exact) mass is 316 g/mol. The van der Waals surface area contributed by atoms with Gasteiger partial charge in [-0.25, -0.2) is 0 Å². The van der Waals surface area contributed by atoms with Gasteiger partial charge in [0.25, 0.3) is 0 Å². The van der Waals surface area contributed by atoms with Crippen molar-refractivity contribution in [1.29, 1.82) is 0 Å². The number of aliphatic hydroxyl groups excluding tert-OH is 1. The second kappa shape index (κ2) is 5.16. The molecule has 1 aromatic heterocycles. The molecule has 2 aliphatic rings. The molecule has 0 aliphatic carbocycles. The van der Waals surface area contributed by atoms with Gasteiger partial charge >= 0.3 is 0 Å². The van der Waals surface area contributed by atoms with Gasteiger partial charge in [-0.2, -0.15) is 0 Å². The van der Waals surface area contributed by atoms with Crippen molar-refractivity contribution < 1.29 is 5.11 Å². The lowest BCUT2D eigenvalue weighted by Crippen LogP contribution is -2.20.